The minimum Gasteiger partial charge on any atom is -0.497 e. The number of hydrogen-bond acceptors (Lipinski definition) is 4. The molecule has 0 aliphatic carbocycles. The summed E-state index contributed by atoms with van der Waals surface area (Å²) in [6.45, 7) is 2.20. The van der Waals surface area contributed by atoms with Gasteiger partial charge < -0.3 is 19.5 Å². The fourth-order valence-electron chi connectivity index (χ4n) is 3.21. The predicted molar refractivity (Wildman–Crippen MR) is 84.0 cm³/mol. The molecule has 4 rings (SSSR count). The Kier molecular flexibility index (Phi) is 3.39. The van der Waals surface area contributed by atoms with Crippen LogP contribution in [0.15, 0.2) is 36.4 Å². The standard InChI is InChI=1S/C18H19NO3/c1-20-14-4-2-3-13(9-14)18-15-11-17-16(21-7-8-22-17)10-12(15)5-6-19-18/h2-4,9-11,18-19H,5-8H2,1H3. The maximum Gasteiger partial charge on any atom is 0.161 e. The van der Waals surface area contributed by atoms with Gasteiger partial charge in [0, 0.05) is 6.54 Å². The molecule has 22 heavy (non-hydrogen) atoms. The van der Waals surface area contributed by atoms with E-state index < -0.39 is 0 Å². The Bertz CT molecular complexity index is 699. The molecular formula is C18H19NO3. The molecule has 2 aliphatic heterocycles. The van der Waals surface area contributed by atoms with E-state index in [0.29, 0.717) is 13.2 Å². The zero-order chi connectivity index (χ0) is 14.9. The highest BCUT2D eigenvalue weighted by Crippen LogP contribution is 2.39. The van der Waals surface area contributed by atoms with Crippen LogP contribution < -0.4 is 19.5 Å². The smallest absolute Gasteiger partial charge is 0.161 e. The number of benzene rings is 2. The average Bonchev–Trinajstić information content (AvgIpc) is 2.59. The number of rotatable bonds is 2. The van der Waals surface area contributed by atoms with E-state index in [2.05, 4.69) is 29.6 Å². The molecule has 0 saturated heterocycles. The fraction of sp³-hybridized carbons (Fsp3) is 0.333. The summed E-state index contributed by atoms with van der Waals surface area (Å²) in [6.07, 6.45) is 1.01. The van der Waals surface area contributed by atoms with Crippen LogP contribution in [0.25, 0.3) is 0 Å². The van der Waals surface area contributed by atoms with Gasteiger partial charge in [-0.3, -0.25) is 0 Å². The molecule has 2 aromatic carbocycles. The number of methoxy groups -OCH3 is 1. The minimum atomic E-state index is 0.162. The van der Waals surface area contributed by atoms with E-state index in [9.17, 15) is 0 Å². The van der Waals surface area contributed by atoms with Crippen molar-refractivity contribution in [2.75, 3.05) is 26.9 Å². The van der Waals surface area contributed by atoms with Gasteiger partial charge in [-0.25, -0.2) is 0 Å². The summed E-state index contributed by atoms with van der Waals surface area (Å²) in [6, 6.07) is 12.6. The van der Waals surface area contributed by atoms with Gasteiger partial charge in [0.1, 0.15) is 19.0 Å². The van der Waals surface area contributed by atoms with Crippen LogP contribution in [0, 0.1) is 0 Å². The number of fused-ring (bicyclic) bond motifs is 2. The van der Waals surface area contributed by atoms with Gasteiger partial charge in [0.05, 0.1) is 13.2 Å². The molecule has 4 nitrogen and oxygen atoms in total. The molecule has 1 N–H and O–H groups in total. The van der Waals surface area contributed by atoms with E-state index in [0.717, 1.165) is 30.2 Å². The quantitative estimate of drug-likeness (QED) is 0.925. The lowest BCUT2D eigenvalue weighted by Crippen LogP contribution is -2.31. The molecule has 114 valence electrons. The first kappa shape index (κ1) is 13.5. The third-order valence-corrected chi connectivity index (χ3v) is 4.28. The lowest BCUT2D eigenvalue weighted by Gasteiger charge is -2.30. The van der Waals surface area contributed by atoms with Crippen molar-refractivity contribution in [3.63, 3.8) is 0 Å². The third kappa shape index (κ3) is 2.29. The predicted octanol–water partition coefficient (Wildman–Crippen LogP) is 2.70. The minimum absolute atomic E-state index is 0.162. The van der Waals surface area contributed by atoms with Crippen LogP contribution in [0.2, 0.25) is 0 Å². The number of nitrogens with one attached hydrogen (secondary N) is 1. The van der Waals surface area contributed by atoms with Gasteiger partial charge >= 0.3 is 0 Å². The lowest BCUT2D eigenvalue weighted by molar-refractivity contribution is 0.171. The monoisotopic (exact) mass is 297 g/mol. The largest absolute Gasteiger partial charge is 0.497 e. The van der Waals surface area contributed by atoms with Crippen molar-refractivity contribution in [3.05, 3.63) is 53.1 Å². The van der Waals surface area contributed by atoms with Crippen molar-refractivity contribution < 1.29 is 14.2 Å². The van der Waals surface area contributed by atoms with Crippen molar-refractivity contribution in [2.45, 2.75) is 12.5 Å². The van der Waals surface area contributed by atoms with Crippen LogP contribution in [0.4, 0.5) is 0 Å². The van der Waals surface area contributed by atoms with Gasteiger partial charge in [-0.05, 0) is 47.4 Å². The summed E-state index contributed by atoms with van der Waals surface area (Å²) in [5.74, 6) is 2.60. The highest BCUT2D eigenvalue weighted by Gasteiger charge is 2.25. The number of ether oxygens (including phenoxy) is 3. The van der Waals surface area contributed by atoms with Crippen molar-refractivity contribution in [1.82, 2.24) is 5.32 Å². The summed E-state index contributed by atoms with van der Waals surface area (Å²) in [7, 11) is 1.70. The van der Waals surface area contributed by atoms with Gasteiger partial charge in [0.15, 0.2) is 11.5 Å². The molecular weight excluding hydrogens is 278 g/mol. The molecule has 2 aromatic rings. The Balaban J connectivity index is 1.77. The average molecular weight is 297 g/mol. The van der Waals surface area contributed by atoms with Crippen LogP contribution in [0.1, 0.15) is 22.7 Å². The summed E-state index contributed by atoms with van der Waals surface area (Å²) in [5.41, 5.74) is 3.80. The molecule has 0 fully saturated rings. The van der Waals surface area contributed by atoms with Crippen LogP contribution in [-0.2, 0) is 6.42 Å². The SMILES string of the molecule is COc1cccc(C2NCCc3cc4c(cc32)OCCO4)c1. The molecule has 0 saturated carbocycles. The van der Waals surface area contributed by atoms with Gasteiger partial charge in [0.25, 0.3) is 0 Å². The Hall–Kier alpha value is -2.20. The molecule has 0 spiro atoms. The molecule has 2 heterocycles. The van der Waals surface area contributed by atoms with E-state index in [1.165, 1.54) is 16.7 Å². The Labute approximate surface area is 130 Å². The topological polar surface area (TPSA) is 39.7 Å². The maximum absolute atomic E-state index is 5.74. The van der Waals surface area contributed by atoms with E-state index >= 15 is 0 Å². The van der Waals surface area contributed by atoms with Gasteiger partial charge in [-0.15, -0.1) is 0 Å². The lowest BCUT2D eigenvalue weighted by atomic mass is 9.89. The van der Waals surface area contributed by atoms with Crippen LogP contribution >= 0.6 is 0 Å². The number of hydrogen-bond donors (Lipinski definition) is 1. The second-order valence-electron chi connectivity index (χ2n) is 5.61. The molecule has 1 atom stereocenters. The van der Waals surface area contributed by atoms with Crippen LogP contribution in [0.3, 0.4) is 0 Å². The Morgan fingerprint density at radius 3 is 2.73 bits per heavy atom. The highest BCUT2D eigenvalue weighted by atomic mass is 16.6. The summed E-state index contributed by atoms with van der Waals surface area (Å²) in [5, 5.41) is 3.60. The molecule has 4 heteroatoms. The zero-order valence-corrected chi connectivity index (χ0v) is 12.6. The molecule has 2 aliphatic rings. The molecule has 0 bridgehead atoms. The summed E-state index contributed by atoms with van der Waals surface area (Å²) in [4.78, 5) is 0. The van der Waals surface area contributed by atoms with Gasteiger partial charge in [0.2, 0.25) is 0 Å². The van der Waals surface area contributed by atoms with Crippen molar-refractivity contribution in [2.24, 2.45) is 0 Å². The van der Waals surface area contributed by atoms with Gasteiger partial charge in [-0.2, -0.15) is 0 Å². The first-order valence-corrected chi connectivity index (χ1v) is 7.65. The maximum atomic E-state index is 5.74. The highest BCUT2D eigenvalue weighted by molar-refractivity contribution is 5.52. The van der Waals surface area contributed by atoms with Crippen molar-refractivity contribution in [3.8, 4) is 17.2 Å². The zero-order valence-electron chi connectivity index (χ0n) is 12.6. The fourth-order valence-corrected chi connectivity index (χ4v) is 3.21. The first-order valence-electron chi connectivity index (χ1n) is 7.65. The first-order chi connectivity index (χ1) is 10.8. The van der Waals surface area contributed by atoms with Crippen molar-refractivity contribution >= 4 is 0 Å². The van der Waals surface area contributed by atoms with Crippen LogP contribution in [-0.4, -0.2) is 26.9 Å². The Morgan fingerprint density at radius 1 is 1.09 bits per heavy atom. The van der Waals surface area contributed by atoms with E-state index in [-0.39, 0.29) is 6.04 Å². The van der Waals surface area contributed by atoms with E-state index in [1.54, 1.807) is 7.11 Å². The molecule has 0 aromatic heterocycles. The third-order valence-electron chi connectivity index (χ3n) is 4.28. The molecule has 0 radical (unpaired) electrons. The summed E-state index contributed by atoms with van der Waals surface area (Å²) < 4.78 is 16.8. The molecule has 1 unspecified atom stereocenters. The van der Waals surface area contributed by atoms with E-state index in [1.807, 2.05) is 12.1 Å². The van der Waals surface area contributed by atoms with Gasteiger partial charge in [-0.1, -0.05) is 12.1 Å². The summed E-state index contributed by atoms with van der Waals surface area (Å²) >= 11 is 0. The van der Waals surface area contributed by atoms with E-state index in [4.69, 9.17) is 14.2 Å². The second kappa shape index (κ2) is 5.54. The second-order valence-corrected chi connectivity index (χ2v) is 5.61. The molecule has 0 amide bonds. The van der Waals surface area contributed by atoms with Crippen molar-refractivity contribution in [1.29, 1.82) is 0 Å². The Morgan fingerprint density at radius 2 is 1.91 bits per heavy atom. The normalized spacial score (nSPS) is 19.4. The van der Waals surface area contributed by atoms with Crippen LogP contribution in [0.5, 0.6) is 17.2 Å².